The van der Waals surface area contributed by atoms with Crippen LogP contribution in [0.25, 0.3) is 0 Å². The summed E-state index contributed by atoms with van der Waals surface area (Å²) < 4.78 is 0. The van der Waals surface area contributed by atoms with Gasteiger partial charge in [0.2, 0.25) is 0 Å². The van der Waals surface area contributed by atoms with Gasteiger partial charge in [0, 0.05) is 23.8 Å². The van der Waals surface area contributed by atoms with Crippen molar-refractivity contribution in [1.29, 1.82) is 0 Å². The molecule has 1 aliphatic carbocycles. The lowest BCUT2D eigenvalue weighted by atomic mass is 10.1. The summed E-state index contributed by atoms with van der Waals surface area (Å²) in [7, 11) is 0. The molecule has 1 saturated carbocycles. The highest BCUT2D eigenvalue weighted by atomic mass is 16.2. The second-order valence-electron chi connectivity index (χ2n) is 6.06. The lowest BCUT2D eigenvalue weighted by molar-refractivity contribution is 0.0976. The van der Waals surface area contributed by atoms with Gasteiger partial charge in [-0.15, -0.1) is 0 Å². The van der Waals surface area contributed by atoms with Crippen molar-refractivity contribution in [2.75, 3.05) is 10.2 Å². The number of hydrogen-bond acceptors (Lipinski definition) is 4. The smallest absolute Gasteiger partial charge is 0.277 e. The highest BCUT2D eigenvalue weighted by molar-refractivity contribution is 6.06. The van der Waals surface area contributed by atoms with E-state index in [1.54, 1.807) is 6.07 Å². The summed E-state index contributed by atoms with van der Waals surface area (Å²) in [5.41, 5.74) is 2.66. The average Bonchev–Trinajstić information content (AvgIpc) is 3.27. The number of anilines is 2. The lowest BCUT2D eigenvalue weighted by Gasteiger charge is -2.22. The number of fused-ring (bicyclic) bond motifs is 1. The molecular weight excluding hydrogens is 276 g/mol. The monoisotopic (exact) mass is 294 g/mol. The first-order valence-electron chi connectivity index (χ1n) is 7.72. The van der Waals surface area contributed by atoms with Gasteiger partial charge in [0.1, 0.15) is 17.8 Å². The first-order valence-corrected chi connectivity index (χ1v) is 7.72. The molecule has 0 radical (unpaired) electrons. The molecule has 1 aromatic heterocycles. The van der Waals surface area contributed by atoms with Gasteiger partial charge in [-0.2, -0.15) is 0 Å². The number of carbonyl (C=O) groups excluding carboxylic acids is 1. The summed E-state index contributed by atoms with van der Waals surface area (Å²) in [6, 6.07) is 10.5. The zero-order valence-electron chi connectivity index (χ0n) is 12.5. The Morgan fingerprint density at radius 1 is 1.27 bits per heavy atom. The Balaban J connectivity index is 1.64. The number of para-hydroxylation sites is 1. The molecule has 4 rings (SSSR count). The van der Waals surface area contributed by atoms with Crippen LogP contribution in [0.1, 0.15) is 35.8 Å². The Hall–Kier alpha value is -2.43. The zero-order valence-corrected chi connectivity index (χ0v) is 12.5. The number of amides is 1. The Morgan fingerprint density at radius 2 is 2.09 bits per heavy atom. The van der Waals surface area contributed by atoms with Gasteiger partial charge in [0.25, 0.3) is 5.91 Å². The summed E-state index contributed by atoms with van der Waals surface area (Å²) in [6.45, 7) is 2.07. The summed E-state index contributed by atoms with van der Waals surface area (Å²) in [4.78, 5) is 23.1. The van der Waals surface area contributed by atoms with E-state index in [1.807, 2.05) is 23.1 Å². The molecular formula is C17H18N4O. The Labute approximate surface area is 129 Å². The predicted octanol–water partition coefficient (Wildman–Crippen LogP) is 2.64. The van der Waals surface area contributed by atoms with Crippen LogP contribution in [0.2, 0.25) is 0 Å². The number of nitrogens with one attached hydrogen (secondary N) is 1. The van der Waals surface area contributed by atoms with E-state index in [0.29, 0.717) is 11.7 Å². The van der Waals surface area contributed by atoms with Crippen molar-refractivity contribution in [2.45, 2.75) is 38.3 Å². The molecule has 1 unspecified atom stereocenters. The molecule has 1 amide bonds. The van der Waals surface area contributed by atoms with Crippen LogP contribution < -0.4 is 10.2 Å². The first-order chi connectivity index (χ1) is 10.7. The highest BCUT2D eigenvalue weighted by Gasteiger charge is 2.32. The Kier molecular flexibility index (Phi) is 3.06. The van der Waals surface area contributed by atoms with Crippen molar-refractivity contribution < 1.29 is 4.79 Å². The minimum atomic E-state index is -0.0568. The SMILES string of the molecule is CC1Cc2ccccc2N1C(=O)c1cc(NC2CC2)ncn1. The van der Waals surface area contributed by atoms with Crippen molar-refractivity contribution >= 4 is 17.4 Å². The summed E-state index contributed by atoms with van der Waals surface area (Å²) in [5, 5.41) is 3.31. The van der Waals surface area contributed by atoms with E-state index in [9.17, 15) is 4.79 Å². The van der Waals surface area contributed by atoms with Crippen LogP contribution in [0.15, 0.2) is 36.7 Å². The number of aromatic nitrogens is 2. The molecule has 5 heteroatoms. The van der Waals surface area contributed by atoms with Crippen molar-refractivity contribution in [3.8, 4) is 0 Å². The van der Waals surface area contributed by atoms with Crippen LogP contribution in [-0.4, -0.2) is 28.0 Å². The summed E-state index contributed by atoms with van der Waals surface area (Å²) in [5.74, 6) is 0.680. The van der Waals surface area contributed by atoms with Gasteiger partial charge in [0.05, 0.1) is 0 Å². The van der Waals surface area contributed by atoms with E-state index in [4.69, 9.17) is 0 Å². The van der Waals surface area contributed by atoms with E-state index in [-0.39, 0.29) is 11.9 Å². The molecule has 0 saturated heterocycles. The minimum absolute atomic E-state index is 0.0568. The normalized spacial score (nSPS) is 19.9. The quantitative estimate of drug-likeness (QED) is 0.945. The standard InChI is InChI=1S/C17H18N4O/c1-11-8-12-4-2-3-5-15(12)21(11)17(22)14-9-16(19-10-18-14)20-13-6-7-13/h2-5,9-11,13H,6-8H2,1H3,(H,18,19,20). The van der Waals surface area contributed by atoms with Crippen molar-refractivity contribution in [2.24, 2.45) is 0 Å². The van der Waals surface area contributed by atoms with Crippen molar-refractivity contribution in [3.63, 3.8) is 0 Å². The van der Waals surface area contributed by atoms with Crippen molar-refractivity contribution in [3.05, 3.63) is 47.9 Å². The molecule has 2 aliphatic rings. The lowest BCUT2D eigenvalue weighted by Crippen LogP contribution is -2.36. The maximum atomic E-state index is 12.9. The maximum absolute atomic E-state index is 12.9. The number of carbonyl (C=O) groups is 1. The maximum Gasteiger partial charge on any atom is 0.277 e. The molecule has 1 fully saturated rings. The molecule has 2 aromatic rings. The topological polar surface area (TPSA) is 58.1 Å². The third-order valence-corrected chi connectivity index (χ3v) is 4.24. The summed E-state index contributed by atoms with van der Waals surface area (Å²) >= 11 is 0. The van der Waals surface area contributed by atoms with E-state index in [2.05, 4.69) is 28.3 Å². The predicted molar refractivity (Wildman–Crippen MR) is 85.1 cm³/mol. The Morgan fingerprint density at radius 3 is 2.91 bits per heavy atom. The van der Waals surface area contributed by atoms with Gasteiger partial charge >= 0.3 is 0 Å². The van der Waals surface area contributed by atoms with Crippen LogP contribution >= 0.6 is 0 Å². The van der Waals surface area contributed by atoms with Crippen LogP contribution in [0.4, 0.5) is 11.5 Å². The van der Waals surface area contributed by atoms with Gasteiger partial charge in [-0.1, -0.05) is 18.2 Å². The molecule has 22 heavy (non-hydrogen) atoms. The van der Waals surface area contributed by atoms with Crippen LogP contribution in [0, 0.1) is 0 Å². The number of benzene rings is 1. The fourth-order valence-electron chi connectivity index (χ4n) is 2.99. The van der Waals surface area contributed by atoms with Crippen LogP contribution in [0.3, 0.4) is 0 Å². The van der Waals surface area contributed by atoms with Crippen molar-refractivity contribution in [1.82, 2.24) is 9.97 Å². The molecule has 0 bridgehead atoms. The molecule has 1 N–H and O–H groups in total. The zero-order chi connectivity index (χ0) is 15.1. The van der Waals surface area contributed by atoms with Gasteiger partial charge in [-0.25, -0.2) is 9.97 Å². The van der Waals surface area contributed by atoms with Gasteiger partial charge < -0.3 is 10.2 Å². The van der Waals surface area contributed by atoms with E-state index < -0.39 is 0 Å². The van der Waals surface area contributed by atoms with Gasteiger partial charge in [0.15, 0.2) is 0 Å². The van der Waals surface area contributed by atoms with Gasteiger partial charge in [-0.05, 0) is 37.8 Å². The largest absolute Gasteiger partial charge is 0.367 e. The average molecular weight is 294 g/mol. The third kappa shape index (κ3) is 2.32. The van der Waals surface area contributed by atoms with E-state index in [0.717, 1.165) is 17.9 Å². The second kappa shape index (κ2) is 5.09. The first kappa shape index (κ1) is 13.2. The van der Waals surface area contributed by atoms with Crippen LogP contribution in [0.5, 0.6) is 0 Å². The molecule has 1 aromatic carbocycles. The molecule has 0 spiro atoms. The fourth-order valence-corrected chi connectivity index (χ4v) is 2.99. The summed E-state index contributed by atoms with van der Waals surface area (Å²) in [6.07, 6.45) is 4.69. The van der Waals surface area contributed by atoms with Crippen LogP contribution in [-0.2, 0) is 6.42 Å². The third-order valence-electron chi connectivity index (χ3n) is 4.24. The fraction of sp³-hybridized carbons (Fsp3) is 0.353. The van der Waals surface area contributed by atoms with E-state index in [1.165, 1.54) is 24.7 Å². The molecule has 2 heterocycles. The van der Waals surface area contributed by atoms with Gasteiger partial charge in [-0.3, -0.25) is 4.79 Å². The number of rotatable bonds is 3. The molecule has 112 valence electrons. The Bertz CT molecular complexity index is 726. The minimum Gasteiger partial charge on any atom is -0.367 e. The second-order valence-corrected chi connectivity index (χ2v) is 6.06. The molecule has 1 atom stereocenters. The number of nitrogens with zero attached hydrogens (tertiary/aromatic N) is 3. The number of hydrogen-bond donors (Lipinski definition) is 1. The van der Waals surface area contributed by atoms with E-state index >= 15 is 0 Å². The molecule has 5 nitrogen and oxygen atoms in total. The molecule has 1 aliphatic heterocycles. The highest BCUT2D eigenvalue weighted by Crippen LogP contribution is 2.33.